The number of nitrogens with one attached hydrogen (secondary N) is 2. The van der Waals surface area contributed by atoms with Gasteiger partial charge in [-0.15, -0.1) is 0 Å². The van der Waals surface area contributed by atoms with Crippen LogP contribution in [-0.4, -0.2) is 18.7 Å². The second-order valence-electron chi connectivity index (χ2n) is 5.58. The molecule has 24 heavy (non-hydrogen) atoms. The average Bonchev–Trinajstić information content (AvgIpc) is 2.61. The number of anilines is 1. The first kappa shape index (κ1) is 15.7. The number of carbonyl (C=O) groups excluding carboxylic acids is 1. The van der Waals surface area contributed by atoms with Crippen LogP contribution in [0.25, 0.3) is 10.8 Å². The second kappa shape index (κ2) is 7.42. The fourth-order valence-corrected chi connectivity index (χ4v) is 2.43. The number of hydrazone groups is 1. The third-order valence-electron chi connectivity index (χ3n) is 3.72. The zero-order valence-corrected chi connectivity index (χ0v) is 13.5. The Hall–Kier alpha value is -3.14. The van der Waals surface area contributed by atoms with Crippen molar-refractivity contribution in [3.05, 3.63) is 77.9 Å². The van der Waals surface area contributed by atoms with Crippen LogP contribution in [0.2, 0.25) is 0 Å². The van der Waals surface area contributed by atoms with Crippen LogP contribution in [0.15, 0.2) is 71.8 Å². The van der Waals surface area contributed by atoms with Crippen molar-refractivity contribution in [3.63, 3.8) is 0 Å². The Morgan fingerprint density at radius 3 is 2.58 bits per heavy atom. The Balaban J connectivity index is 1.57. The molecule has 0 fully saturated rings. The number of aryl methyl sites for hydroxylation is 1. The number of rotatable bonds is 5. The van der Waals surface area contributed by atoms with Crippen molar-refractivity contribution in [2.75, 3.05) is 11.9 Å². The first-order chi connectivity index (χ1) is 11.7. The van der Waals surface area contributed by atoms with Crippen molar-refractivity contribution in [3.8, 4) is 0 Å². The average molecular weight is 317 g/mol. The lowest BCUT2D eigenvalue weighted by atomic mass is 10.1. The minimum absolute atomic E-state index is 0.177. The van der Waals surface area contributed by atoms with Crippen molar-refractivity contribution < 1.29 is 4.79 Å². The molecular formula is C20H19N3O. The fraction of sp³-hybridized carbons (Fsp3) is 0.100. The lowest BCUT2D eigenvalue weighted by Gasteiger charge is -2.05. The van der Waals surface area contributed by atoms with Crippen LogP contribution in [0, 0.1) is 6.92 Å². The molecule has 0 heterocycles. The summed E-state index contributed by atoms with van der Waals surface area (Å²) in [4.78, 5) is 11.8. The van der Waals surface area contributed by atoms with Gasteiger partial charge in [-0.3, -0.25) is 4.79 Å². The number of amides is 1. The molecular weight excluding hydrogens is 298 g/mol. The van der Waals surface area contributed by atoms with Gasteiger partial charge in [0.25, 0.3) is 5.91 Å². The van der Waals surface area contributed by atoms with E-state index in [1.165, 1.54) is 5.56 Å². The third kappa shape index (κ3) is 3.98. The molecule has 0 bridgehead atoms. The van der Waals surface area contributed by atoms with Gasteiger partial charge in [-0.25, -0.2) is 5.43 Å². The number of hydrogen-bond donors (Lipinski definition) is 2. The number of carbonyl (C=O) groups is 1. The first-order valence-electron chi connectivity index (χ1n) is 7.82. The molecule has 0 aliphatic heterocycles. The van der Waals surface area contributed by atoms with Crippen LogP contribution in [0.5, 0.6) is 0 Å². The summed E-state index contributed by atoms with van der Waals surface area (Å²) < 4.78 is 0. The number of hydrogen-bond acceptors (Lipinski definition) is 3. The van der Waals surface area contributed by atoms with Crippen molar-refractivity contribution in [1.82, 2.24) is 5.43 Å². The summed E-state index contributed by atoms with van der Waals surface area (Å²) in [6.07, 6.45) is 1.67. The van der Waals surface area contributed by atoms with Gasteiger partial charge in [-0.05, 0) is 29.8 Å². The lowest BCUT2D eigenvalue weighted by molar-refractivity contribution is -0.119. The molecule has 0 saturated carbocycles. The van der Waals surface area contributed by atoms with Crippen molar-refractivity contribution >= 4 is 28.6 Å². The molecule has 2 N–H and O–H groups in total. The van der Waals surface area contributed by atoms with Crippen LogP contribution in [0.4, 0.5) is 5.69 Å². The SMILES string of the molecule is Cc1ccc(NCC(=O)N/N=C/c2cccc3ccccc23)cc1. The van der Waals surface area contributed by atoms with Crippen molar-refractivity contribution in [2.24, 2.45) is 5.10 Å². The van der Waals surface area contributed by atoms with Gasteiger partial charge in [-0.1, -0.05) is 60.2 Å². The molecule has 4 nitrogen and oxygen atoms in total. The highest BCUT2D eigenvalue weighted by atomic mass is 16.2. The second-order valence-corrected chi connectivity index (χ2v) is 5.58. The van der Waals surface area contributed by atoms with E-state index in [9.17, 15) is 4.79 Å². The minimum atomic E-state index is -0.188. The topological polar surface area (TPSA) is 53.5 Å². The van der Waals surface area contributed by atoms with E-state index >= 15 is 0 Å². The molecule has 1 amide bonds. The predicted molar refractivity (Wildman–Crippen MR) is 99.4 cm³/mol. The molecule has 0 atom stereocenters. The van der Waals surface area contributed by atoms with E-state index in [1.54, 1.807) is 6.21 Å². The zero-order valence-electron chi connectivity index (χ0n) is 13.5. The first-order valence-corrected chi connectivity index (χ1v) is 7.82. The monoisotopic (exact) mass is 317 g/mol. The van der Waals surface area contributed by atoms with Crippen LogP contribution in [0.1, 0.15) is 11.1 Å². The van der Waals surface area contributed by atoms with E-state index in [1.807, 2.05) is 61.5 Å². The normalized spacial score (nSPS) is 10.9. The molecule has 0 aromatic heterocycles. The van der Waals surface area contributed by atoms with Crippen LogP contribution in [-0.2, 0) is 4.79 Å². The summed E-state index contributed by atoms with van der Waals surface area (Å²) in [5, 5.41) is 9.37. The molecule has 0 unspecified atom stereocenters. The Morgan fingerprint density at radius 1 is 1.00 bits per heavy atom. The van der Waals surface area contributed by atoms with Gasteiger partial charge >= 0.3 is 0 Å². The highest BCUT2D eigenvalue weighted by molar-refractivity contribution is 6.00. The maximum absolute atomic E-state index is 11.8. The van der Waals surface area contributed by atoms with E-state index in [-0.39, 0.29) is 12.5 Å². The van der Waals surface area contributed by atoms with E-state index in [0.29, 0.717) is 0 Å². The predicted octanol–water partition coefficient (Wildman–Crippen LogP) is 3.71. The molecule has 4 heteroatoms. The van der Waals surface area contributed by atoms with E-state index < -0.39 is 0 Å². The standard InChI is InChI=1S/C20H19N3O/c1-15-9-11-18(12-10-15)21-14-20(24)23-22-13-17-7-4-6-16-5-2-3-8-19(16)17/h2-13,21H,14H2,1H3,(H,23,24)/b22-13+. The van der Waals surface area contributed by atoms with E-state index in [0.717, 1.165) is 22.0 Å². The molecule has 0 saturated heterocycles. The van der Waals surface area contributed by atoms with Gasteiger partial charge in [0, 0.05) is 11.3 Å². The highest BCUT2D eigenvalue weighted by Gasteiger charge is 2.00. The lowest BCUT2D eigenvalue weighted by Crippen LogP contribution is -2.25. The highest BCUT2D eigenvalue weighted by Crippen LogP contribution is 2.16. The molecule has 3 aromatic carbocycles. The van der Waals surface area contributed by atoms with E-state index in [2.05, 4.69) is 28.0 Å². The number of benzene rings is 3. The van der Waals surface area contributed by atoms with Gasteiger partial charge in [0.2, 0.25) is 0 Å². The Labute approximate surface area is 141 Å². The largest absolute Gasteiger partial charge is 0.376 e. The third-order valence-corrected chi connectivity index (χ3v) is 3.72. The Kier molecular flexibility index (Phi) is 4.87. The quantitative estimate of drug-likeness (QED) is 0.557. The van der Waals surface area contributed by atoms with Gasteiger partial charge < -0.3 is 5.32 Å². The maximum atomic E-state index is 11.8. The summed E-state index contributed by atoms with van der Waals surface area (Å²) in [5.41, 5.74) is 5.61. The molecule has 0 radical (unpaired) electrons. The Morgan fingerprint density at radius 2 is 1.75 bits per heavy atom. The smallest absolute Gasteiger partial charge is 0.259 e. The fourth-order valence-electron chi connectivity index (χ4n) is 2.43. The number of fused-ring (bicyclic) bond motifs is 1. The van der Waals surface area contributed by atoms with Gasteiger partial charge in [0.15, 0.2) is 0 Å². The van der Waals surface area contributed by atoms with Crippen LogP contribution < -0.4 is 10.7 Å². The molecule has 0 spiro atoms. The van der Waals surface area contributed by atoms with Gasteiger partial charge in [0.1, 0.15) is 0 Å². The van der Waals surface area contributed by atoms with E-state index in [4.69, 9.17) is 0 Å². The summed E-state index contributed by atoms with van der Waals surface area (Å²) in [6, 6.07) is 22.0. The summed E-state index contributed by atoms with van der Waals surface area (Å²) in [6.45, 7) is 2.20. The van der Waals surface area contributed by atoms with Gasteiger partial charge in [-0.2, -0.15) is 5.10 Å². The molecule has 0 aliphatic carbocycles. The zero-order chi connectivity index (χ0) is 16.8. The van der Waals surface area contributed by atoms with Crippen molar-refractivity contribution in [2.45, 2.75) is 6.92 Å². The minimum Gasteiger partial charge on any atom is -0.376 e. The molecule has 3 rings (SSSR count). The van der Waals surface area contributed by atoms with Crippen LogP contribution >= 0.6 is 0 Å². The van der Waals surface area contributed by atoms with Crippen LogP contribution in [0.3, 0.4) is 0 Å². The maximum Gasteiger partial charge on any atom is 0.259 e. The number of nitrogens with zero attached hydrogens (tertiary/aromatic N) is 1. The van der Waals surface area contributed by atoms with Gasteiger partial charge in [0.05, 0.1) is 12.8 Å². The molecule has 120 valence electrons. The molecule has 3 aromatic rings. The Bertz CT molecular complexity index is 864. The van der Waals surface area contributed by atoms with Crippen molar-refractivity contribution in [1.29, 1.82) is 0 Å². The molecule has 0 aliphatic rings. The summed E-state index contributed by atoms with van der Waals surface area (Å²) >= 11 is 0. The summed E-state index contributed by atoms with van der Waals surface area (Å²) in [7, 11) is 0. The summed E-state index contributed by atoms with van der Waals surface area (Å²) in [5.74, 6) is -0.188.